The van der Waals surface area contributed by atoms with Crippen LogP contribution in [0.2, 0.25) is 0 Å². The number of aliphatic hydroxyl groups is 1. The number of carbonyl (C=O) groups excluding carboxylic acids is 1. The highest BCUT2D eigenvalue weighted by atomic mass is 16.5. The summed E-state index contributed by atoms with van der Waals surface area (Å²) in [7, 11) is 3.14. The molecule has 0 saturated heterocycles. The zero-order chi connectivity index (χ0) is 19.4. The minimum atomic E-state index is -0.272. The van der Waals surface area contributed by atoms with Gasteiger partial charge in [-0.2, -0.15) is 0 Å². The normalized spacial score (nSPS) is 20.8. The van der Waals surface area contributed by atoms with Crippen LogP contribution in [0.15, 0.2) is 41.7 Å². The van der Waals surface area contributed by atoms with Crippen LogP contribution in [0.1, 0.15) is 36.0 Å². The van der Waals surface area contributed by atoms with E-state index in [1.807, 2.05) is 38.1 Å². The third-order valence-electron chi connectivity index (χ3n) is 5.27. The maximum absolute atomic E-state index is 12.1. The number of aryl methyl sites for hydroxylation is 1. The molecule has 1 aromatic carbocycles. The Hall–Kier alpha value is -2.31. The zero-order valence-corrected chi connectivity index (χ0v) is 15.9. The molecular weight excluding hydrogens is 330 g/mol. The molecule has 6 heteroatoms. The molecule has 5 N–H and O–H groups in total. The van der Waals surface area contributed by atoms with Crippen LogP contribution in [0, 0.1) is 18.8 Å². The molecule has 0 aliphatic heterocycles. The Balaban J connectivity index is 2.43. The summed E-state index contributed by atoms with van der Waals surface area (Å²) in [6.07, 6.45) is 4.21. The van der Waals surface area contributed by atoms with Crippen molar-refractivity contribution in [3.8, 4) is 0 Å². The Morgan fingerprint density at radius 2 is 2.12 bits per heavy atom. The Morgan fingerprint density at radius 1 is 1.42 bits per heavy atom. The van der Waals surface area contributed by atoms with Crippen LogP contribution in [0.4, 0.5) is 0 Å². The van der Waals surface area contributed by atoms with Crippen LogP contribution >= 0.6 is 0 Å². The van der Waals surface area contributed by atoms with Crippen molar-refractivity contribution in [2.45, 2.75) is 32.8 Å². The number of hydrogen-bond donors (Lipinski definition) is 3. The Bertz CT molecular complexity index is 725. The minimum Gasteiger partial charge on any atom is -0.469 e. The molecule has 0 heterocycles. The molecule has 0 spiro atoms. The monoisotopic (exact) mass is 359 g/mol. The molecule has 26 heavy (non-hydrogen) atoms. The Labute approximate surface area is 155 Å². The van der Waals surface area contributed by atoms with Crippen molar-refractivity contribution < 1.29 is 14.6 Å². The van der Waals surface area contributed by atoms with Crippen LogP contribution in [0.25, 0.3) is 0 Å². The van der Waals surface area contributed by atoms with Crippen molar-refractivity contribution in [3.63, 3.8) is 0 Å². The molecule has 0 saturated carbocycles. The Kier molecular flexibility index (Phi) is 6.45. The van der Waals surface area contributed by atoms with Gasteiger partial charge in [-0.15, -0.1) is 0 Å². The number of carbonyl (C=O) groups is 1. The molecular formula is C20H29N3O3. The molecule has 142 valence electrons. The van der Waals surface area contributed by atoms with Crippen molar-refractivity contribution in [1.82, 2.24) is 5.01 Å². The molecule has 0 amide bonds. The number of esters is 1. The quantitative estimate of drug-likeness (QED) is 0.407. The van der Waals surface area contributed by atoms with Gasteiger partial charge in [0.15, 0.2) is 0 Å². The Morgan fingerprint density at radius 3 is 2.69 bits per heavy atom. The van der Waals surface area contributed by atoms with E-state index in [2.05, 4.69) is 6.08 Å². The molecule has 3 unspecified atom stereocenters. The van der Waals surface area contributed by atoms with Crippen LogP contribution < -0.4 is 11.6 Å². The molecule has 1 aliphatic carbocycles. The van der Waals surface area contributed by atoms with Gasteiger partial charge in [-0.3, -0.25) is 4.79 Å². The minimum absolute atomic E-state index is 0.00883. The number of likely N-dealkylation sites (N-methyl/N-ethyl adjacent to an activating group) is 1. The van der Waals surface area contributed by atoms with E-state index >= 15 is 0 Å². The second kappa shape index (κ2) is 8.38. The van der Waals surface area contributed by atoms with Gasteiger partial charge >= 0.3 is 5.97 Å². The van der Waals surface area contributed by atoms with Gasteiger partial charge in [0.05, 0.1) is 25.8 Å². The number of rotatable bonds is 6. The average molecular weight is 359 g/mol. The summed E-state index contributed by atoms with van der Waals surface area (Å²) in [5.41, 5.74) is 10.7. The van der Waals surface area contributed by atoms with E-state index in [1.54, 1.807) is 7.05 Å². The number of allylic oxidation sites excluding steroid dienone is 3. The van der Waals surface area contributed by atoms with Gasteiger partial charge in [0.2, 0.25) is 0 Å². The lowest BCUT2D eigenvalue weighted by Crippen LogP contribution is -2.34. The van der Waals surface area contributed by atoms with Crippen LogP contribution in [-0.4, -0.2) is 30.2 Å². The lowest BCUT2D eigenvalue weighted by molar-refractivity contribution is -0.141. The smallest absolute Gasteiger partial charge is 0.306 e. The lowest BCUT2D eigenvalue weighted by atomic mass is 9.73. The first kappa shape index (κ1) is 20.0. The van der Waals surface area contributed by atoms with Crippen molar-refractivity contribution in [3.05, 3.63) is 58.4 Å². The van der Waals surface area contributed by atoms with Crippen molar-refractivity contribution in [2.24, 2.45) is 23.4 Å². The summed E-state index contributed by atoms with van der Waals surface area (Å²) in [6, 6.07) is 5.95. The molecule has 0 fully saturated rings. The van der Waals surface area contributed by atoms with E-state index in [9.17, 15) is 9.90 Å². The predicted octanol–water partition coefficient (Wildman–Crippen LogP) is 1.93. The fourth-order valence-electron chi connectivity index (χ4n) is 3.54. The van der Waals surface area contributed by atoms with Gasteiger partial charge in [0.25, 0.3) is 0 Å². The number of nitrogens with two attached hydrogens (primary N) is 2. The van der Waals surface area contributed by atoms with Gasteiger partial charge in [0.1, 0.15) is 0 Å². The molecule has 3 atom stereocenters. The number of nitrogens with zero attached hydrogens (tertiary/aromatic N) is 1. The summed E-state index contributed by atoms with van der Waals surface area (Å²) in [6.45, 7) is 3.96. The number of aliphatic hydroxyl groups excluding tert-OH is 1. The van der Waals surface area contributed by atoms with Gasteiger partial charge in [-0.05, 0) is 35.6 Å². The van der Waals surface area contributed by atoms with E-state index in [0.717, 1.165) is 22.4 Å². The SMILES string of the molecule is COC(=O)CC(c1ccc(C)c(CO)c1)C1C=CC(N(C)N)=C(N)C1C. The van der Waals surface area contributed by atoms with Crippen molar-refractivity contribution >= 4 is 5.97 Å². The van der Waals surface area contributed by atoms with Crippen molar-refractivity contribution in [2.75, 3.05) is 14.2 Å². The number of benzene rings is 1. The number of ether oxygens (including phenoxy) is 1. The first-order chi connectivity index (χ1) is 12.3. The van der Waals surface area contributed by atoms with Crippen LogP contribution in [0.3, 0.4) is 0 Å². The first-order valence-corrected chi connectivity index (χ1v) is 8.73. The fourth-order valence-corrected chi connectivity index (χ4v) is 3.54. The van der Waals surface area contributed by atoms with Crippen LogP contribution in [-0.2, 0) is 16.1 Å². The summed E-state index contributed by atoms with van der Waals surface area (Å²) < 4.78 is 4.91. The van der Waals surface area contributed by atoms with E-state index < -0.39 is 0 Å². The van der Waals surface area contributed by atoms with Crippen LogP contribution in [0.5, 0.6) is 0 Å². The zero-order valence-electron chi connectivity index (χ0n) is 15.9. The highest BCUT2D eigenvalue weighted by molar-refractivity contribution is 5.70. The standard InChI is InChI=1S/C20H29N3O3/c1-12-5-6-14(9-15(12)11-24)17(10-19(25)26-4)16-7-8-18(23(3)22)20(21)13(16)2/h5-9,13,16-17,24H,10-11,21-22H2,1-4H3. The maximum atomic E-state index is 12.1. The topological polar surface area (TPSA) is 102 Å². The second-order valence-corrected chi connectivity index (χ2v) is 6.91. The van der Waals surface area contributed by atoms with Gasteiger partial charge in [-0.25, -0.2) is 5.84 Å². The van der Waals surface area contributed by atoms with E-state index in [0.29, 0.717) is 5.70 Å². The molecule has 2 rings (SSSR count). The maximum Gasteiger partial charge on any atom is 0.306 e. The summed E-state index contributed by atoms with van der Waals surface area (Å²) in [5.74, 6) is 5.50. The molecule has 6 nitrogen and oxygen atoms in total. The summed E-state index contributed by atoms with van der Waals surface area (Å²) in [5, 5.41) is 11.1. The predicted molar refractivity (Wildman–Crippen MR) is 101 cm³/mol. The van der Waals surface area contributed by atoms with E-state index in [1.165, 1.54) is 12.1 Å². The summed E-state index contributed by atoms with van der Waals surface area (Å²) >= 11 is 0. The number of methoxy groups -OCH3 is 1. The number of hydrogen-bond acceptors (Lipinski definition) is 6. The van der Waals surface area contributed by atoms with Gasteiger partial charge < -0.3 is 20.6 Å². The third kappa shape index (κ3) is 4.08. The van der Waals surface area contributed by atoms with Crippen molar-refractivity contribution in [1.29, 1.82) is 0 Å². The molecule has 1 aliphatic rings. The molecule has 0 bridgehead atoms. The van der Waals surface area contributed by atoms with Gasteiger partial charge in [-0.1, -0.05) is 31.2 Å². The van der Waals surface area contributed by atoms with E-state index in [4.69, 9.17) is 16.3 Å². The number of hydrazine groups is 1. The molecule has 0 aromatic heterocycles. The fraction of sp³-hybridized carbons (Fsp3) is 0.450. The van der Waals surface area contributed by atoms with Gasteiger partial charge in [0, 0.05) is 24.6 Å². The summed E-state index contributed by atoms with van der Waals surface area (Å²) in [4.78, 5) is 12.1. The average Bonchev–Trinajstić information content (AvgIpc) is 2.62. The lowest BCUT2D eigenvalue weighted by Gasteiger charge is -2.35. The van der Waals surface area contributed by atoms with E-state index in [-0.39, 0.29) is 36.8 Å². The highest BCUT2D eigenvalue weighted by Crippen LogP contribution is 2.40. The second-order valence-electron chi connectivity index (χ2n) is 6.91. The largest absolute Gasteiger partial charge is 0.469 e. The molecule has 0 radical (unpaired) electrons. The highest BCUT2D eigenvalue weighted by Gasteiger charge is 2.33. The third-order valence-corrected chi connectivity index (χ3v) is 5.27. The first-order valence-electron chi connectivity index (χ1n) is 8.73. The molecule has 1 aromatic rings.